The van der Waals surface area contributed by atoms with Crippen molar-refractivity contribution < 1.29 is 9.84 Å². The summed E-state index contributed by atoms with van der Waals surface area (Å²) in [7, 11) is 0. The van der Waals surface area contributed by atoms with Crippen molar-refractivity contribution in [3.8, 4) is 5.75 Å². The van der Waals surface area contributed by atoms with E-state index in [1.54, 1.807) is 6.08 Å². The van der Waals surface area contributed by atoms with Crippen molar-refractivity contribution in [2.75, 3.05) is 13.2 Å². The van der Waals surface area contributed by atoms with Crippen LogP contribution in [0.4, 0.5) is 0 Å². The Morgan fingerprint density at radius 1 is 1.32 bits per heavy atom. The Balaban J connectivity index is 2.00. The van der Waals surface area contributed by atoms with Gasteiger partial charge in [-0.25, -0.2) is 0 Å². The molecule has 2 rings (SSSR count). The zero-order chi connectivity index (χ0) is 13.6. The summed E-state index contributed by atoms with van der Waals surface area (Å²) in [4.78, 5) is 0. The van der Waals surface area contributed by atoms with E-state index in [1.807, 2.05) is 18.2 Å². The molecule has 1 aliphatic carbocycles. The summed E-state index contributed by atoms with van der Waals surface area (Å²) in [6.45, 7) is 5.12. The van der Waals surface area contributed by atoms with Gasteiger partial charge in [0.2, 0.25) is 0 Å². The minimum Gasteiger partial charge on any atom is -0.489 e. The Kier molecular flexibility index (Phi) is 5.00. The highest BCUT2D eigenvalue weighted by Crippen LogP contribution is 2.30. The average molecular weight is 261 g/mol. The van der Waals surface area contributed by atoms with Gasteiger partial charge in [-0.05, 0) is 18.9 Å². The van der Waals surface area contributed by atoms with Gasteiger partial charge in [-0.1, -0.05) is 43.7 Å². The smallest absolute Gasteiger partial charge is 0.124 e. The minimum absolute atomic E-state index is 0.0917. The lowest BCUT2D eigenvalue weighted by molar-refractivity contribution is 0.162. The van der Waals surface area contributed by atoms with E-state index in [0.29, 0.717) is 6.61 Å². The lowest BCUT2D eigenvalue weighted by Gasteiger charge is -2.28. The fourth-order valence-electron chi connectivity index (χ4n) is 2.66. The quantitative estimate of drug-likeness (QED) is 0.741. The highest BCUT2D eigenvalue weighted by Gasteiger charge is 2.32. The van der Waals surface area contributed by atoms with E-state index in [-0.39, 0.29) is 12.1 Å². The van der Waals surface area contributed by atoms with Crippen LogP contribution in [0.25, 0.3) is 0 Å². The topological polar surface area (TPSA) is 41.5 Å². The van der Waals surface area contributed by atoms with Crippen LogP contribution >= 0.6 is 0 Å². The molecule has 104 valence electrons. The first-order chi connectivity index (χ1) is 9.29. The van der Waals surface area contributed by atoms with Crippen LogP contribution < -0.4 is 10.1 Å². The van der Waals surface area contributed by atoms with Gasteiger partial charge in [0.1, 0.15) is 12.4 Å². The Morgan fingerprint density at radius 2 is 2.05 bits per heavy atom. The molecule has 0 atom stereocenters. The summed E-state index contributed by atoms with van der Waals surface area (Å²) in [5, 5.41) is 13.1. The first-order valence-corrected chi connectivity index (χ1v) is 6.97. The third-order valence-electron chi connectivity index (χ3n) is 3.85. The lowest BCUT2D eigenvalue weighted by atomic mass is 9.98. The van der Waals surface area contributed by atoms with Gasteiger partial charge in [-0.15, -0.1) is 0 Å². The molecule has 1 fully saturated rings. The number of rotatable bonds is 7. The highest BCUT2D eigenvalue weighted by molar-refractivity contribution is 5.33. The van der Waals surface area contributed by atoms with Gasteiger partial charge < -0.3 is 15.2 Å². The van der Waals surface area contributed by atoms with Crippen molar-refractivity contribution in [1.82, 2.24) is 5.32 Å². The van der Waals surface area contributed by atoms with E-state index < -0.39 is 0 Å². The normalized spacial score (nSPS) is 17.3. The van der Waals surface area contributed by atoms with Crippen molar-refractivity contribution in [3.63, 3.8) is 0 Å². The minimum atomic E-state index is -0.0917. The number of para-hydroxylation sites is 1. The third-order valence-corrected chi connectivity index (χ3v) is 3.85. The van der Waals surface area contributed by atoms with Gasteiger partial charge >= 0.3 is 0 Å². The Labute approximate surface area is 115 Å². The SMILES string of the molecule is C=CCOc1ccccc1CNC1(CO)CCCC1. The number of nitrogens with one attached hydrogen (secondary N) is 1. The monoisotopic (exact) mass is 261 g/mol. The summed E-state index contributed by atoms with van der Waals surface area (Å²) in [6.07, 6.45) is 6.25. The first kappa shape index (κ1) is 14.1. The van der Waals surface area contributed by atoms with E-state index in [0.717, 1.165) is 30.7 Å². The zero-order valence-corrected chi connectivity index (χ0v) is 11.4. The van der Waals surface area contributed by atoms with Gasteiger partial charge in [0, 0.05) is 17.6 Å². The van der Waals surface area contributed by atoms with Gasteiger partial charge in [0.15, 0.2) is 0 Å². The van der Waals surface area contributed by atoms with Gasteiger partial charge in [-0.3, -0.25) is 0 Å². The molecule has 0 aliphatic heterocycles. The molecule has 0 aromatic heterocycles. The van der Waals surface area contributed by atoms with Crippen molar-refractivity contribution in [2.45, 2.75) is 37.8 Å². The number of aliphatic hydroxyl groups excluding tert-OH is 1. The summed E-state index contributed by atoms with van der Waals surface area (Å²) >= 11 is 0. The van der Waals surface area contributed by atoms with Crippen LogP contribution in [-0.2, 0) is 6.54 Å². The number of ether oxygens (including phenoxy) is 1. The summed E-state index contributed by atoms with van der Waals surface area (Å²) in [5.41, 5.74) is 1.04. The average Bonchev–Trinajstić information content (AvgIpc) is 2.93. The standard InChI is InChI=1S/C16H23NO2/c1-2-11-19-15-8-4-3-7-14(15)12-17-16(13-18)9-5-6-10-16/h2-4,7-8,17-18H,1,5-6,9-13H2. The third kappa shape index (κ3) is 3.58. The Morgan fingerprint density at radius 3 is 2.74 bits per heavy atom. The fraction of sp³-hybridized carbons (Fsp3) is 0.500. The number of hydrogen-bond donors (Lipinski definition) is 2. The number of hydrogen-bond acceptors (Lipinski definition) is 3. The second-order valence-electron chi connectivity index (χ2n) is 5.21. The van der Waals surface area contributed by atoms with Gasteiger partial charge in [0.05, 0.1) is 6.61 Å². The van der Waals surface area contributed by atoms with Crippen molar-refractivity contribution in [3.05, 3.63) is 42.5 Å². The van der Waals surface area contributed by atoms with E-state index >= 15 is 0 Å². The molecule has 0 unspecified atom stereocenters. The van der Waals surface area contributed by atoms with Crippen molar-refractivity contribution in [1.29, 1.82) is 0 Å². The molecule has 0 saturated heterocycles. The van der Waals surface area contributed by atoms with E-state index in [4.69, 9.17) is 4.74 Å². The maximum Gasteiger partial charge on any atom is 0.124 e. The van der Waals surface area contributed by atoms with E-state index in [9.17, 15) is 5.11 Å². The molecule has 3 heteroatoms. The highest BCUT2D eigenvalue weighted by atomic mass is 16.5. The maximum absolute atomic E-state index is 9.60. The molecule has 2 N–H and O–H groups in total. The Bertz CT molecular complexity index is 411. The number of aliphatic hydroxyl groups is 1. The van der Waals surface area contributed by atoms with Crippen molar-refractivity contribution in [2.24, 2.45) is 0 Å². The molecule has 1 saturated carbocycles. The summed E-state index contributed by atoms with van der Waals surface area (Å²) in [5.74, 6) is 0.890. The molecule has 1 aliphatic rings. The predicted molar refractivity (Wildman–Crippen MR) is 77.3 cm³/mol. The number of benzene rings is 1. The Hall–Kier alpha value is -1.32. The second kappa shape index (κ2) is 6.73. The molecule has 1 aromatic rings. The van der Waals surface area contributed by atoms with E-state index in [1.165, 1.54) is 12.8 Å². The molecule has 0 heterocycles. The lowest BCUT2D eigenvalue weighted by Crippen LogP contribution is -2.45. The maximum atomic E-state index is 9.60. The van der Waals surface area contributed by atoms with Gasteiger partial charge in [-0.2, -0.15) is 0 Å². The zero-order valence-electron chi connectivity index (χ0n) is 11.4. The summed E-state index contributed by atoms with van der Waals surface area (Å²) < 4.78 is 5.65. The van der Waals surface area contributed by atoms with Crippen LogP contribution in [0.3, 0.4) is 0 Å². The fourth-order valence-corrected chi connectivity index (χ4v) is 2.66. The van der Waals surface area contributed by atoms with Crippen LogP contribution in [0.2, 0.25) is 0 Å². The molecular formula is C16H23NO2. The molecule has 0 amide bonds. The molecule has 0 radical (unpaired) electrons. The molecule has 0 spiro atoms. The molecule has 0 bridgehead atoms. The van der Waals surface area contributed by atoms with E-state index in [2.05, 4.69) is 18.0 Å². The predicted octanol–water partition coefficient (Wildman–Crippen LogP) is 2.65. The van der Waals surface area contributed by atoms with Crippen LogP contribution in [0.1, 0.15) is 31.2 Å². The molecule has 3 nitrogen and oxygen atoms in total. The second-order valence-corrected chi connectivity index (χ2v) is 5.21. The van der Waals surface area contributed by atoms with Crippen LogP contribution in [0.5, 0.6) is 5.75 Å². The van der Waals surface area contributed by atoms with Crippen LogP contribution in [0.15, 0.2) is 36.9 Å². The molecular weight excluding hydrogens is 238 g/mol. The molecule has 19 heavy (non-hydrogen) atoms. The first-order valence-electron chi connectivity index (χ1n) is 6.97. The van der Waals surface area contributed by atoms with Crippen molar-refractivity contribution >= 4 is 0 Å². The van der Waals surface area contributed by atoms with Crippen LogP contribution in [-0.4, -0.2) is 23.9 Å². The van der Waals surface area contributed by atoms with Crippen LogP contribution in [0, 0.1) is 0 Å². The molecule has 1 aromatic carbocycles. The summed E-state index contributed by atoms with van der Waals surface area (Å²) in [6, 6.07) is 8.02. The van der Waals surface area contributed by atoms with Gasteiger partial charge in [0.25, 0.3) is 0 Å². The largest absolute Gasteiger partial charge is 0.489 e.